The second-order valence-electron chi connectivity index (χ2n) is 4.68. The number of nitrogens with zero attached hydrogens (tertiary/aromatic N) is 1. The van der Waals surface area contributed by atoms with Gasteiger partial charge >= 0.3 is 0 Å². The van der Waals surface area contributed by atoms with Gasteiger partial charge in [-0.1, -0.05) is 23.4 Å². The van der Waals surface area contributed by atoms with Gasteiger partial charge < -0.3 is 4.84 Å². The van der Waals surface area contributed by atoms with Gasteiger partial charge in [-0.2, -0.15) is 0 Å². The summed E-state index contributed by atoms with van der Waals surface area (Å²) in [7, 11) is -3.48. The molecule has 0 unspecified atom stereocenters. The number of rotatable bonds is 4. The molecule has 98 valence electrons. The van der Waals surface area contributed by atoms with Crippen LogP contribution in [0.1, 0.15) is 20.3 Å². The van der Waals surface area contributed by atoms with Crippen LogP contribution in [0.15, 0.2) is 40.4 Å². The van der Waals surface area contributed by atoms with E-state index in [1.807, 2.05) is 13.8 Å². The van der Waals surface area contributed by atoms with Crippen molar-refractivity contribution in [3.63, 3.8) is 0 Å². The second kappa shape index (κ2) is 4.70. The Morgan fingerprint density at radius 2 is 2.06 bits per heavy atom. The normalized spacial score (nSPS) is 23.6. The fourth-order valence-electron chi connectivity index (χ4n) is 1.82. The average molecular weight is 268 g/mol. The van der Waals surface area contributed by atoms with Gasteiger partial charge in [0.1, 0.15) is 0 Å². The zero-order valence-corrected chi connectivity index (χ0v) is 11.2. The highest BCUT2D eigenvalue weighted by molar-refractivity contribution is 7.89. The first kappa shape index (κ1) is 13.0. The fraction of sp³-hybridized carbons (Fsp3) is 0.417. The van der Waals surface area contributed by atoms with Gasteiger partial charge in [-0.3, -0.25) is 0 Å². The molecule has 5 nitrogen and oxygen atoms in total. The van der Waals surface area contributed by atoms with Crippen LogP contribution in [0.3, 0.4) is 0 Å². The maximum absolute atomic E-state index is 12.0. The summed E-state index contributed by atoms with van der Waals surface area (Å²) in [5.41, 5.74) is 0.280. The molecule has 18 heavy (non-hydrogen) atoms. The molecule has 1 aromatic rings. The third-order valence-corrected chi connectivity index (χ3v) is 4.16. The first-order valence-corrected chi connectivity index (χ1v) is 7.16. The Bertz CT molecular complexity index is 554. The maximum atomic E-state index is 12.0. The van der Waals surface area contributed by atoms with Crippen molar-refractivity contribution >= 4 is 15.7 Å². The fourth-order valence-corrected chi connectivity index (χ4v) is 3.00. The number of hydrogen-bond donors (Lipinski definition) is 1. The van der Waals surface area contributed by atoms with E-state index in [1.54, 1.807) is 30.3 Å². The zero-order chi connectivity index (χ0) is 13.2. The van der Waals surface area contributed by atoms with Crippen molar-refractivity contribution < 1.29 is 13.3 Å². The molecule has 0 bridgehead atoms. The molecule has 0 saturated heterocycles. The summed E-state index contributed by atoms with van der Waals surface area (Å²) < 4.78 is 26.6. The van der Waals surface area contributed by atoms with Crippen LogP contribution in [-0.2, 0) is 14.9 Å². The first-order chi connectivity index (χ1) is 8.41. The van der Waals surface area contributed by atoms with E-state index in [-0.39, 0.29) is 11.4 Å². The van der Waals surface area contributed by atoms with Crippen molar-refractivity contribution in [3.05, 3.63) is 30.3 Å². The van der Waals surface area contributed by atoms with Gasteiger partial charge in [0.15, 0.2) is 5.60 Å². The van der Waals surface area contributed by atoms with Gasteiger partial charge in [0, 0.05) is 6.42 Å². The van der Waals surface area contributed by atoms with Crippen LogP contribution in [0.5, 0.6) is 0 Å². The standard InChI is InChI=1S/C12H16N2O3S/c1-10-8-12(2,17-14-10)9-13-18(15,16)11-6-4-3-5-7-11/h3-7,13H,8-9H2,1-2H3/t12-/m1/s1. The molecule has 0 spiro atoms. The van der Waals surface area contributed by atoms with Gasteiger partial charge in [0.05, 0.1) is 17.2 Å². The predicted octanol–water partition coefficient (Wildman–Crippen LogP) is 1.52. The minimum atomic E-state index is -3.48. The SMILES string of the molecule is CC1=NO[C@@](C)(CNS(=O)(=O)c2ccccc2)C1. The van der Waals surface area contributed by atoms with Gasteiger partial charge in [-0.05, 0) is 26.0 Å². The summed E-state index contributed by atoms with van der Waals surface area (Å²) in [6.45, 7) is 3.89. The Morgan fingerprint density at radius 3 is 2.61 bits per heavy atom. The average Bonchev–Trinajstić information content (AvgIpc) is 2.69. The summed E-state index contributed by atoms with van der Waals surface area (Å²) in [5, 5.41) is 3.84. The Labute approximate surface area is 107 Å². The van der Waals surface area contributed by atoms with Crippen LogP contribution in [0, 0.1) is 0 Å². The first-order valence-electron chi connectivity index (χ1n) is 5.68. The number of sulfonamides is 1. The van der Waals surface area contributed by atoms with Gasteiger partial charge in [0.25, 0.3) is 0 Å². The van der Waals surface area contributed by atoms with Crippen molar-refractivity contribution in [3.8, 4) is 0 Å². The van der Waals surface area contributed by atoms with Crippen LogP contribution >= 0.6 is 0 Å². The number of hydrogen-bond acceptors (Lipinski definition) is 4. The molecular formula is C12H16N2O3S. The molecule has 2 rings (SSSR count). The highest BCUT2D eigenvalue weighted by Gasteiger charge is 2.34. The molecule has 0 saturated carbocycles. The highest BCUT2D eigenvalue weighted by Crippen LogP contribution is 2.23. The molecular weight excluding hydrogens is 252 g/mol. The minimum absolute atomic E-state index is 0.199. The molecule has 1 aromatic carbocycles. The summed E-state index contributed by atoms with van der Waals surface area (Å²) in [6, 6.07) is 8.27. The van der Waals surface area contributed by atoms with Crippen molar-refractivity contribution in [2.45, 2.75) is 30.8 Å². The van der Waals surface area contributed by atoms with Crippen molar-refractivity contribution in [1.82, 2.24) is 4.72 Å². The lowest BCUT2D eigenvalue weighted by molar-refractivity contribution is 0.00146. The summed E-state index contributed by atoms with van der Waals surface area (Å²) in [6.07, 6.45) is 0.629. The third kappa shape index (κ3) is 2.88. The smallest absolute Gasteiger partial charge is 0.240 e. The van der Waals surface area contributed by atoms with Crippen LogP contribution in [0.2, 0.25) is 0 Å². The monoisotopic (exact) mass is 268 g/mol. The van der Waals surface area contributed by atoms with Gasteiger partial charge in [-0.15, -0.1) is 0 Å². The molecule has 1 aliphatic rings. The Kier molecular flexibility index (Phi) is 3.41. The summed E-state index contributed by atoms with van der Waals surface area (Å²) in [4.78, 5) is 5.50. The molecule has 0 amide bonds. The summed E-state index contributed by atoms with van der Waals surface area (Å²) in [5.74, 6) is 0. The van der Waals surface area contributed by atoms with Crippen molar-refractivity contribution in [2.24, 2.45) is 5.16 Å². The lowest BCUT2D eigenvalue weighted by Crippen LogP contribution is -2.40. The highest BCUT2D eigenvalue weighted by atomic mass is 32.2. The van der Waals surface area contributed by atoms with Crippen LogP contribution in [0.25, 0.3) is 0 Å². The molecule has 1 atom stereocenters. The Morgan fingerprint density at radius 1 is 1.39 bits per heavy atom. The van der Waals surface area contributed by atoms with E-state index in [2.05, 4.69) is 9.88 Å². The minimum Gasteiger partial charge on any atom is -0.388 e. The van der Waals surface area contributed by atoms with E-state index >= 15 is 0 Å². The third-order valence-electron chi connectivity index (χ3n) is 2.74. The lowest BCUT2D eigenvalue weighted by Gasteiger charge is -2.21. The predicted molar refractivity (Wildman–Crippen MR) is 68.8 cm³/mol. The van der Waals surface area contributed by atoms with Gasteiger partial charge in [0.2, 0.25) is 10.0 Å². The van der Waals surface area contributed by atoms with E-state index in [0.717, 1.165) is 5.71 Å². The molecule has 0 aromatic heterocycles. The van der Waals surface area contributed by atoms with Crippen LogP contribution < -0.4 is 4.72 Å². The van der Waals surface area contributed by atoms with Crippen molar-refractivity contribution in [1.29, 1.82) is 0 Å². The maximum Gasteiger partial charge on any atom is 0.240 e. The van der Waals surface area contributed by atoms with E-state index in [4.69, 9.17) is 4.84 Å². The number of nitrogens with one attached hydrogen (secondary N) is 1. The Balaban J connectivity index is 2.03. The second-order valence-corrected chi connectivity index (χ2v) is 6.45. The number of oxime groups is 1. The molecule has 1 N–H and O–H groups in total. The molecule has 0 radical (unpaired) electrons. The van der Waals surface area contributed by atoms with E-state index in [9.17, 15) is 8.42 Å². The van der Waals surface area contributed by atoms with Gasteiger partial charge in [-0.25, -0.2) is 13.1 Å². The number of benzene rings is 1. The van der Waals surface area contributed by atoms with E-state index in [0.29, 0.717) is 6.42 Å². The quantitative estimate of drug-likeness (QED) is 0.900. The molecule has 1 aliphatic heterocycles. The largest absolute Gasteiger partial charge is 0.388 e. The van der Waals surface area contributed by atoms with Crippen LogP contribution in [0.4, 0.5) is 0 Å². The topological polar surface area (TPSA) is 67.8 Å². The molecule has 6 heteroatoms. The van der Waals surface area contributed by atoms with Crippen molar-refractivity contribution in [2.75, 3.05) is 6.54 Å². The molecule has 0 aliphatic carbocycles. The molecule has 0 fully saturated rings. The molecule has 1 heterocycles. The Hall–Kier alpha value is -1.40. The van der Waals surface area contributed by atoms with E-state index < -0.39 is 15.6 Å². The lowest BCUT2D eigenvalue weighted by atomic mass is 10.0. The summed E-state index contributed by atoms with van der Waals surface area (Å²) >= 11 is 0. The van der Waals surface area contributed by atoms with Crippen LogP contribution in [-0.4, -0.2) is 26.3 Å². The van der Waals surface area contributed by atoms with E-state index in [1.165, 1.54) is 0 Å². The zero-order valence-electron chi connectivity index (χ0n) is 10.4.